The highest BCUT2D eigenvalue weighted by molar-refractivity contribution is 5.79. The second-order valence-electron chi connectivity index (χ2n) is 7.98. The number of benzene rings is 1. The lowest BCUT2D eigenvalue weighted by atomic mass is 10.0. The molecule has 2 aromatic heterocycles. The van der Waals surface area contributed by atoms with Crippen LogP contribution >= 0.6 is 0 Å². The summed E-state index contributed by atoms with van der Waals surface area (Å²) in [7, 11) is 0. The van der Waals surface area contributed by atoms with E-state index in [4.69, 9.17) is 14.8 Å². The van der Waals surface area contributed by atoms with E-state index in [1.165, 1.54) is 0 Å². The topological polar surface area (TPSA) is 137 Å². The van der Waals surface area contributed by atoms with E-state index in [1.807, 2.05) is 44.2 Å². The molecule has 1 saturated carbocycles. The molecular formula is C22H25N5O4. The molecule has 162 valence electrons. The van der Waals surface area contributed by atoms with E-state index in [1.54, 1.807) is 0 Å². The predicted octanol–water partition coefficient (Wildman–Crippen LogP) is 2.44. The molecule has 1 fully saturated rings. The van der Waals surface area contributed by atoms with Gasteiger partial charge < -0.3 is 20.1 Å². The molecule has 3 unspecified atom stereocenters. The van der Waals surface area contributed by atoms with E-state index in [9.17, 15) is 9.59 Å². The fourth-order valence-electron chi connectivity index (χ4n) is 4.17. The lowest BCUT2D eigenvalue weighted by Gasteiger charge is -2.18. The number of nitrogens with zero attached hydrogens (tertiary/aromatic N) is 3. The predicted molar refractivity (Wildman–Crippen MR) is 111 cm³/mol. The van der Waals surface area contributed by atoms with Crippen LogP contribution in [0.3, 0.4) is 0 Å². The summed E-state index contributed by atoms with van der Waals surface area (Å²) in [4.78, 5) is 29.0. The van der Waals surface area contributed by atoms with Gasteiger partial charge in [0.25, 0.3) is 0 Å². The maximum absolute atomic E-state index is 12.7. The molecule has 1 aromatic carbocycles. The molecule has 0 bridgehead atoms. The van der Waals surface area contributed by atoms with Gasteiger partial charge in [-0.3, -0.25) is 9.59 Å². The van der Waals surface area contributed by atoms with Crippen LogP contribution in [0.25, 0.3) is 11.4 Å². The summed E-state index contributed by atoms with van der Waals surface area (Å²) < 4.78 is 10.7. The first-order valence-corrected chi connectivity index (χ1v) is 10.3. The number of hydrogen-bond acceptors (Lipinski definition) is 7. The van der Waals surface area contributed by atoms with Gasteiger partial charge in [-0.1, -0.05) is 40.6 Å². The molecule has 2 heterocycles. The highest BCUT2D eigenvalue weighted by Gasteiger charge is 2.41. The molecule has 0 saturated heterocycles. The Morgan fingerprint density at radius 1 is 1.13 bits per heavy atom. The van der Waals surface area contributed by atoms with Crippen LogP contribution in [0.4, 0.5) is 0 Å². The largest absolute Gasteiger partial charge is 0.369 e. The summed E-state index contributed by atoms with van der Waals surface area (Å²) in [6.45, 7) is 3.69. The number of aryl methyl sites for hydroxylation is 2. The lowest BCUT2D eigenvalue weighted by Crippen LogP contribution is -2.37. The minimum atomic E-state index is -0.389. The van der Waals surface area contributed by atoms with Crippen molar-refractivity contribution in [3.8, 4) is 11.4 Å². The Balaban J connectivity index is 1.46. The van der Waals surface area contributed by atoms with Crippen molar-refractivity contribution in [2.75, 3.05) is 0 Å². The number of nitrogens with one attached hydrogen (secondary N) is 1. The molecule has 1 aliphatic carbocycles. The standard InChI is InChI=1S/C22H25N5O4/c1-12-16(13(2)30-26-12)8-9-19(28)24-18-11-15(20(23)29)10-17(18)22-25-21(27-31-22)14-6-4-3-5-7-14/h3-7,15,17-18H,8-11H2,1-2H3,(H2,23,29)(H,24,28). The highest BCUT2D eigenvalue weighted by Crippen LogP contribution is 2.38. The van der Waals surface area contributed by atoms with Crippen LogP contribution in [-0.2, 0) is 16.0 Å². The number of amides is 2. The molecule has 3 N–H and O–H groups in total. The molecule has 0 radical (unpaired) electrons. The zero-order valence-electron chi connectivity index (χ0n) is 17.5. The van der Waals surface area contributed by atoms with Gasteiger partial charge in [-0.2, -0.15) is 4.98 Å². The van der Waals surface area contributed by atoms with Crippen molar-refractivity contribution in [1.82, 2.24) is 20.6 Å². The smallest absolute Gasteiger partial charge is 0.232 e. The van der Waals surface area contributed by atoms with Crippen molar-refractivity contribution in [2.45, 2.75) is 51.5 Å². The summed E-state index contributed by atoms with van der Waals surface area (Å²) >= 11 is 0. The fourth-order valence-corrected chi connectivity index (χ4v) is 4.17. The van der Waals surface area contributed by atoms with E-state index in [0.717, 1.165) is 22.6 Å². The first-order chi connectivity index (χ1) is 14.9. The van der Waals surface area contributed by atoms with Gasteiger partial charge in [-0.15, -0.1) is 0 Å². The third kappa shape index (κ3) is 4.50. The Hall–Kier alpha value is -3.49. The SMILES string of the molecule is Cc1noc(C)c1CCC(=O)NC1CC(C(N)=O)CC1c1nc(-c2ccccc2)no1. The quantitative estimate of drug-likeness (QED) is 0.595. The van der Waals surface area contributed by atoms with Crippen LogP contribution in [0.2, 0.25) is 0 Å². The minimum Gasteiger partial charge on any atom is -0.369 e. The maximum Gasteiger partial charge on any atom is 0.232 e. The van der Waals surface area contributed by atoms with Crippen molar-refractivity contribution in [1.29, 1.82) is 0 Å². The zero-order chi connectivity index (χ0) is 22.0. The summed E-state index contributed by atoms with van der Waals surface area (Å²) in [5.41, 5.74) is 8.11. The average Bonchev–Trinajstić information content (AvgIpc) is 3.47. The van der Waals surface area contributed by atoms with Gasteiger partial charge in [0.15, 0.2) is 0 Å². The summed E-state index contributed by atoms with van der Waals surface area (Å²) in [5.74, 6) is 0.455. The Morgan fingerprint density at radius 2 is 1.90 bits per heavy atom. The molecule has 31 heavy (non-hydrogen) atoms. The number of carbonyl (C=O) groups excluding carboxylic acids is 2. The van der Waals surface area contributed by atoms with E-state index in [0.29, 0.717) is 31.0 Å². The molecule has 4 rings (SSSR count). The highest BCUT2D eigenvalue weighted by atomic mass is 16.5. The maximum atomic E-state index is 12.7. The van der Waals surface area contributed by atoms with Crippen molar-refractivity contribution in [3.63, 3.8) is 0 Å². The van der Waals surface area contributed by atoms with Gasteiger partial charge in [-0.25, -0.2) is 0 Å². The third-order valence-electron chi connectivity index (χ3n) is 5.89. The van der Waals surface area contributed by atoms with E-state index >= 15 is 0 Å². The molecule has 9 heteroatoms. The van der Waals surface area contributed by atoms with Crippen LogP contribution in [0.1, 0.15) is 48.1 Å². The number of hydrogen-bond donors (Lipinski definition) is 2. The van der Waals surface area contributed by atoms with Crippen molar-refractivity contribution >= 4 is 11.8 Å². The monoisotopic (exact) mass is 423 g/mol. The van der Waals surface area contributed by atoms with Crippen molar-refractivity contribution < 1.29 is 18.6 Å². The van der Waals surface area contributed by atoms with Gasteiger partial charge in [0.2, 0.25) is 23.5 Å². The molecule has 3 atom stereocenters. The Labute approximate surface area is 179 Å². The van der Waals surface area contributed by atoms with Crippen LogP contribution < -0.4 is 11.1 Å². The van der Waals surface area contributed by atoms with E-state index in [2.05, 4.69) is 20.6 Å². The Bertz CT molecular complexity index is 1060. The Morgan fingerprint density at radius 3 is 2.58 bits per heavy atom. The first kappa shape index (κ1) is 20.8. The van der Waals surface area contributed by atoms with Crippen LogP contribution in [0.15, 0.2) is 39.4 Å². The molecule has 2 amide bonds. The summed E-state index contributed by atoms with van der Waals surface area (Å²) in [6, 6.07) is 9.18. The molecule has 1 aliphatic rings. The molecule has 9 nitrogen and oxygen atoms in total. The molecular weight excluding hydrogens is 398 g/mol. The first-order valence-electron chi connectivity index (χ1n) is 10.3. The van der Waals surface area contributed by atoms with Gasteiger partial charge in [-0.05, 0) is 33.1 Å². The van der Waals surface area contributed by atoms with Gasteiger partial charge in [0, 0.05) is 29.5 Å². The van der Waals surface area contributed by atoms with E-state index < -0.39 is 0 Å². The molecule has 3 aromatic rings. The second kappa shape index (κ2) is 8.71. The Kier molecular flexibility index (Phi) is 5.83. The van der Waals surface area contributed by atoms with E-state index in [-0.39, 0.29) is 36.1 Å². The number of primary amides is 1. The summed E-state index contributed by atoms with van der Waals surface area (Å²) in [6.07, 6.45) is 1.72. The van der Waals surface area contributed by atoms with Gasteiger partial charge >= 0.3 is 0 Å². The fraction of sp³-hybridized carbons (Fsp3) is 0.409. The average molecular weight is 423 g/mol. The lowest BCUT2D eigenvalue weighted by molar-refractivity contribution is -0.123. The van der Waals surface area contributed by atoms with Gasteiger partial charge in [0.1, 0.15) is 5.76 Å². The summed E-state index contributed by atoms with van der Waals surface area (Å²) in [5, 5.41) is 11.0. The third-order valence-corrected chi connectivity index (χ3v) is 5.89. The second-order valence-corrected chi connectivity index (χ2v) is 7.98. The molecule has 0 spiro atoms. The van der Waals surface area contributed by atoms with Crippen molar-refractivity contribution in [2.24, 2.45) is 11.7 Å². The number of rotatable bonds is 7. The normalized spacial score (nSPS) is 20.6. The number of nitrogens with two attached hydrogens (primary N) is 1. The van der Waals surface area contributed by atoms with Crippen LogP contribution in [0.5, 0.6) is 0 Å². The van der Waals surface area contributed by atoms with Crippen LogP contribution in [-0.4, -0.2) is 33.2 Å². The van der Waals surface area contributed by atoms with Crippen molar-refractivity contribution in [3.05, 3.63) is 53.2 Å². The number of aromatic nitrogens is 3. The van der Waals surface area contributed by atoms with Gasteiger partial charge in [0.05, 0.1) is 11.6 Å². The number of carbonyl (C=O) groups is 2. The van der Waals surface area contributed by atoms with Crippen LogP contribution in [0, 0.1) is 19.8 Å². The minimum absolute atomic E-state index is 0.122. The zero-order valence-corrected chi connectivity index (χ0v) is 17.5. The molecule has 0 aliphatic heterocycles.